The van der Waals surface area contributed by atoms with Gasteiger partial charge in [0, 0.05) is 0 Å². The average molecular weight is 417 g/mol. The van der Waals surface area contributed by atoms with Gasteiger partial charge in [-0.25, -0.2) is 0 Å². The summed E-state index contributed by atoms with van der Waals surface area (Å²) in [4.78, 5) is 13.5. The van der Waals surface area contributed by atoms with Crippen molar-refractivity contribution in [2.45, 2.75) is 99.0 Å². The fraction of sp³-hybridized carbons (Fsp3) is 0.947. The predicted octanol–water partition coefficient (Wildman–Crippen LogP) is 6.19. The summed E-state index contributed by atoms with van der Waals surface area (Å²) >= 11 is 0. The molecule has 0 aromatic heterocycles. The molecule has 1 saturated carbocycles. The van der Waals surface area contributed by atoms with Crippen molar-refractivity contribution < 1.29 is 9.22 Å². The summed E-state index contributed by atoms with van der Waals surface area (Å²) in [6.45, 7) is 27.2. The minimum atomic E-state index is -2.05. The van der Waals surface area contributed by atoms with Crippen molar-refractivity contribution in [2.24, 2.45) is 17.3 Å². The molecule has 0 radical (unpaired) electrons. The van der Waals surface area contributed by atoms with Crippen LogP contribution in [0.15, 0.2) is 0 Å². The van der Waals surface area contributed by atoms with Crippen LogP contribution in [0, 0.1) is 17.3 Å². The first kappa shape index (κ1) is 23.4. The molecule has 2 nitrogen and oxygen atoms in total. The molecule has 0 spiro atoms. The number of carbonyl (C=O) groups is 1. The van der Waals surface area contributed by atoms with Crippen LogP contribution in [0.4, 0.5) is 0 Å². The molecule has 1 fully saturated rings. The summed E-state index contributed by atoms with van der Waals surface area (Å²) in [6, 6.07) is 0. The molecule has 0 aromatic carbocycles. The Hall–Kier alpha value is 0.338. The largest absolute Gasteiger partial charge is 0.527 e. The zero-order valence-electron chi connectivity index (χ0n) is 19.1. The van der Waals surface area contributed by atoms with E-state index in [2.05, 4.69) is 79.7 Å². The van der Waals surface area contributed by atoms with Crippen LogP contribution >= 0.6 is 0 Å². The molecular weight excluding hydrogens is 373 g/mol. The number of hydrogen-bond donors (Lipinski definition) is 0. The van der Waals surface area contributed by atoms with Crippen molar-refractivity contribution >= 4 is 35.6 Å². The van der Waals surface area contributed by atoms with Crippen LogP contribution in [-0.4, -0.2) is 35.6 Å². The summed E-state index contributed by atoms with van der Waals surface area (Å²) in [6.07, 6.45) is 3.40. The first-order valence-corrected chi connectivity index (χ1v) is 25.5. The molecule has 25 heavy (non-hydrogen) atoms. The molecule has 148 valence electrons. The van der Waals surface area contributed by atoms with Gasteiger partial charge in [0.1, 0.15) is 0 Å². The highest BCUT2D eigenvalue weighted by atomic mass is 29.9. The maximum Gasteiger partial charge on any atom is 0.295 e. The number of rotatable bonds is 5. The second kappa shape index (κ2) is 7.06. The lowest BCUT2D eigenvalue weighted by Crippen LogP contribution is -2.84. The minimum absolute atomic E-state index is 0.135. The van der Waals surface area contributed by atoms with Gasteiger partial charge < -0.3 is 4.43 Å². The third kappa shape index (κ3) is 4.43. The standard InChI is InChI=1S/C19H44O2Si4/c1-19(2,3)17-15-13-14-16(17)18(20)21-25(22(4,5)6,23(7,8)9)24(10,11)12/h16-17H,13-15H2,1-12H3/t16-,17-/m1/s1. The molecule has 1 aliphatic carbocycles. The molecule has 6 heteroatoms. The van der Waals surface area contributed by atoms with Crippen molar-refractivity contribution in [3.63, 3.8) is 0 Å². The van der Waals surface area contributed by atoms with E-state index in [1.807, 2.05) is 0 Å². The van der Waals surface area contributed by atoms with Crippen molar-refractivity contribution in [3.8, 4) is 0 Å². The smallest absolute Gasteiger partial charge is 0.295 e. The maximum atomic E-state index is 13.5. The Morgan fingerprint density at radius 3 is 1.52 bits per heavy atom. The van der Waals surface area contributed by atoms with Crippen molar-refractivity contribution in [1.29, 1.82) is 0 Å². The number of hydrogen-bond acceptors (Lipinski definition) is 2. The predicted molar refractivity (Wildman–Crippen MR) is 122 cm³/mol. The molecule has 2 atom stereocenters. The topological polar surface area (TPSA) is 26.3 Å². The average Bonchev–Trinajstić information content (AvgIpc) is 2.79. The Morgan fingerprint density at radius 2 is 1.20 bits per heavy atom. The van der Waals surface area contributed by atoms with E-state index in [-0.39, 0.29) is 17.3 Å². The van der Waals surface area contributed by atoms with Gasteiger partial charge in [-0.3, -0.25) is 4.79 Å². The van der Waals surface area contributed by atoms with E-state index in [4.69, 9.17) is 4.43 Å². The van der Waals surface area contributed by atoms with E-state index < -0.39 is 29.6 Å². The highest BCUT2D eigenvalue weighted by Gasteiger charge is 2.66. The third-order valence-corrected chi connectivity index (χ3v) is 73.6. The maximum absolute atomic E-state index is 13.5. The fourth-order valence-corrected chi connectivity index (χ4v) is 99.1. The Bertz CT molecular complexity index is 453. The highest BCUT2D eigenvalue weighted by Crippen LogP contribution is 2.46. The second-order valence-electron chi connectivity index (χ2n) is 12.4. The van der Waals surface area contributed by atoms with Gasteiger partial charge in [0.25, 0.3) is 5.97 Å². The summed E-state index contributed by atoms with van der Waals surface area (Å²) in [5, 5.41) is 0. The lowest BCUT2D eigenvalue weighted by atomic mass is 9.75. The van der Waals surface area contributed by atoms with Gasteiger partial charge in [-0.2, -0.15) is 0 Å². The van der Waals surface area contributed by atoms with Crippen molar-refractivity contribution in [2.75, 3.05) is 0 Å². The van der Waals surface area contributed by atoms with Crippen LogP contribution in [0.3, 0.4) is 0 Å². The molecule has 1 rings (SSSR count). The molecule has 0 aliphatic heterocycles. The van der Waals surface area contributed by atoms with Gasteiger partial charge in [-0.1, -0.05) is 86.1 Å². The molecule has 0 unspecified atom stereocenters. The Balaban J connectivity index is 3.34. The molecule has 0 saturated heterocycles. The summed E-state index contributed by atoms with van der Waals surface area (Å²) in [5.41, 5.74) is 0.196. The van der Waals surface area contributed by atoms with Gasteiger partial charge in [-0.15, -0.1) is 0 Å². The van der Waals surface area contributed by atoms with E-state index in [1.54, 1.807) is 0 Å². The Morgan fingerprint density at radius 1 is 0.800 bits per heavy atom. The van der Waals surface area contributed by atoms with Crippen LogP contribution in [0.2, 0.25) is 58.9 Å². The SMILES string of the molecule is CC(C)(C)[C@@H]1CCC[C@H]1C(=O)O[Si]([Si](C)(C)C)([Si](C)(C)C)[Si](C)(C)C. The highest BCUT2D eigenvalue weighted by molar-refractivity contribution is 7.87. The second-order valence-corrected chi connectivity index (χ2v) is 51.8. The van der Waals surface area contributed by atoms with Crippen LogP contribution in [0.5, 0.6) is 0 Å². The van der Waals surface area contributed by atoms with Gasteiger partial charge >= 0.3 is 0 Å². The first-order valence-electron chi connectivity index (χ1n) is 10.1. The molecule has 0 aromatic rings. The zero-order valence-corrected chi connectivity index (χ0v) is 23.1. The quantitative estimate of drug-likeness (QED) is 0.499. The summed E-state index contributed by atoms with van der Waals surface area (Å²) in [7, 11) is -4.71. The zero-order chi connectivity index (χ0) is 20.1. The van der Waals surface area contributed by atoms with E-state index in [0.29, 0.717) is 5.92 Å². The van der Waals surface area contributed by atoms with Crippen LogP contribution in [-0.2, 0) is 9.22 Å². The van der Waals surface area contributed by atoms with Crippen LogP contribution in [0.25, 0.3) is 0 Å². The molecular formula is C19H44O2Si4. The van der Waals surface area contributed by atoms with Gasteiger partial charge in [0.15, 0.2) is 0 Å². The van der Waals surface area contributed by atoms with Crippen LogP contribution in [0.1, 0.15) is 40.0 Å². The third-order valence-electron chi connectivity index (χ3n) is 6.35. The summed E-state index contributed by atoms with van der Waals surface area (Å²) < 4.78 is 6.93. The monoisotopic (exact) mass is 416 g/mol. The van der Waals surface area contributed by atoms with E-state index in [0.717, 1.165) is 6.42 Å². The van der Waals surface area contributed by atoms with Crippen molar-refractivity contribution in [3.05, 3.63) is 0 Å². The van der Waals surface area contributed by atoms with Gasteiger partial charge in [-0.05, 0) is 24.2 Å². The molecule has 0 amide bonds. The normalized spacial score (nSPS) is 23.7. The van der Waals surface area contributed by atoms with E-state index in [1.165, 1.54) is 12.8 Å². The lowest BCUT2D eigenvalue weighted by Gasteiger charge is -2.55. The minimum Gasteiger partial charge on any atom is -0.527 e. The van der Waals surface area contributed by atoms with Gasteiger partial charge in [0.2, 0.25) is 6.87 Å². The molecule has 0 bridgehead atoms. The lowest BCUT2D eigenvalue weighted by molar-refractivity contribution is -0.141. The molecule has 1 aliphatic rings. The van der Waals surface area contributed by atoms with E-state index in [9.17, 15) is 4.79 Å². The fourth-order valence-electron chi connectivity index (χ4n) is 6.34. The van der Waals surface area contributed by atoms with Crippen LogP contribution < -0.4 is 0 Å². The number of carbonyl (C=O) groups excluding carboxylic acids is 1. The first-order chi connectivity index (χ1) is 10.9. The van der Waals surface area contributed by atoms with Crippen molar-refractivity contribution in [1.82, 2.24) is 0 Å². The Kier molecular flexibility index (Phi) is 6.60. The Labute approximate surface area is 161 Å². The molecule has 0 N–H and O–H groups in total. The van der Waals surface area contributed by atoms with E-state index >= 15 is 0 Å². The summed E-state index contributed by atoms with van der Waals surface area (Å²) in [5.74, 6) is 0.809. The molecule has 0 heterocycles. The van der Waals surface area contributed by atoms with Gasteiger partial charge in [0.05, 0.1) is 28.7 Å².